The normalized spacial score (nSPS) is 24.3. The van der Waals surface area contributed by atoms with Gasteiger partial charge in [0.25, 0.3) is 0 Å². The van der Waals surface area contributed by atoms with E-state index in [1.165, 1.54) is 32.4 Å². The molecule has 1 saturated carbocycles. The van der Waals surface area contributed by atoms with E-state index in [-0.39, 0.29) is 18.0 Å². The Morgan fingerprint density at radius 2 is 1.80 bits per heavy atom. The number of anilines is 2. The van der Waals surface area contributed by atoms with Crippen LogP contribution in [-0.2, 0) is 10.2 Å². The second kappa shape index (κ2) is 8.01. The monoisotopic (exact) mass is 473 g/mol. The number of hydrogen-bond acceptors (Lipinski definition) is 6. The molecule has 1 saturated heterocycles. The summed E-state index contributed by atoms with van der Waals surface area (Å²) in [6.45, 7) is 10.6. The summed E-state index contributed by atoms with van der Waals surface area (Å²) in [5.41, 5.74) is 10.8. The molecule has 2 fully saturated rings. The van der Waals surface area contributed by atoms with Crippen molar-refractivity contribution in [1.82, 2.24) is 24.4 Å². The number of rotatable bonds is 4. The number of fused-ring (bicyclic) bond motifs is 2. The van der Waals surface area contributed by atoms with Gasteiger partial charge in [-0.2, -0.15) is 0 Å². The minimum absolute atomic E-state index is 0.151. The molecule has 1 amide bonds. The molecule has 1 aliphatic carbocycles. The van der Waals surface area contributed by atoms with Gasteiger partial charge in [0.15, 0.2) is 0 Å². The highest BCUT2D eigenvalue weighted by atomic mass is 16.2. The van der Waals surface area contributed by atoms with Crippen LogP contribution in [-0.4, -0.2) is 55.5 Å². The Kier molecular flexibility index (Phi) is 5.14. The van der Waals surface area contributed by atoms with E-state index >= 15 is 0 Å². The predicted octanol–water partition coefficient (Wildman–Crippen LogP) is 4.30. The van der Waals surface area contributed by atoms with Crippen molar-refractivity contribution in [3.8, 4) is 11.3 Å². The molecule has 2 N–H and O–H groups in total. The van der Waals surface area contributed by atoms with Gasteiger partial charge in [-0.05, 0) is 78.6 Å². The molecule has 8 heteroatoms. The van der Waals surface area contributed by atoms with Crippen molar-refractivity contribution in [3.05, 3.63) is 30.4 Å². The summed E-state index contributed by atoms with van der Waals surface area (Å²) < 4.78 is 2.04. The molecule has 0 aromatic carbocycles. The third kappa shape index (κ3) is 3.44. The lowest BCUT2D eigenvalue weighted by atomic mass is 9.83. The molecule has 35 heavy (non-hydrogen) atoms. The van der Waals surface area contributed by atoms with E-state index in [1.807, 2.05) is 41.9 Å². The predicted molar refractivity (Wildman–Crippen MR) is 138 cm³/mol. The molecule has 5 heterocycles. The van der Waals surface area contributed by atoms with Crippen LogP contribution in [0.3, 0.4) is 0 Å². The van der Waals surface area contributed by atoms with Gasteiger partial charge >= 0.3 is 0 Å². The highest BCUT2D eigenvalue weighted by Gasteiger charge is 2.51. The maximum absolute atomic E-state index is 13.6. The molecule has 0 spiro atoms. The fourth-order valence-electron chi connectivity index (χ4n) is 6.11. The Hall–Kier alpha value is -3.00. The maximum Gasteiger partial charge on any atom is 0.239 e. The van der Waals surface area contributed by atoms with Crippen molar-refractivity contribution in [2.45, 2.75) is 83.3 Å². The first kappa shape index (κ1) is 22.5. The number of pyridine rings is 2. The van der Waals surface area contributed by atoms with Gasteiger partial charge in [-0.25, -0.2) is 9.97 Å². The van der Waals surface area contributed by atoms with Crippen LogP contribution in [0.1, 0.15) is 71.5 Å². The number of nitrogens with zero attached hydrogens (tertiary/aromatic N) is 6. The standard InChI is InChI=1S/C27H35N7O/c1-16(2)33-15-30-21-13-20(31-25(28)23(21)33)17-10-22-24(29-14-17)27(3,4)26(35)34(22)19-11-18(12-19)32-8-6-5-7-9-32/h10,13-16,18-19H,5-9,11-12H2,1-4H3,(H2,28,31)/t18-,19+. The Labute approximate surface area is 206 Å². The fourth-order valence-corrected chi connectivity index (χ4v) is 6.11. The average Bonchev–Trinajstić information content (AvgIpc) is 3.33. The third-order valence-electron chi connectivity index (χ3n) is 8.26. The summed E-state index contributed by atoms with van der Waals surface area (Å²) in [5, 5.41) is 0. The highest BCUT2D eigenvalue weighted by Crippen LogP contribution is 2.46. The van der Waals surface area contributed by atoms with Crippen molar-refractivity contribution >= 4 is 28.4 Å². The van der Waals surface area contributed by atoms with Crippen LogP contribution in [0, 0.1) is 0 Å². The topological polar surface area (TPSA) is 93.2 Å². The van der Waals surface area contributed by atoms with Gasteiger partial charge in [-0.15, -0.1) is 0 Å². The number of imidazole rings is 1. The Morgan fingerprint density at radius 1 is 1.06 bits per heavy atom. The zero-order chi connectivity index (χ0) is 24.5. The Balaban J connectivity index is 1.34. The van der Waals surface area contributed by atoms with Gasteiger partial charge in [0, 0.05) is 29.9 Å². The summed E-state index contributed by atoms with van der Waals surface area (Å²) in [6.07, 6.45) is 9.64. The Bertz CT molecular complexity index is 1300. The molecule has 6 rings (SSSR count). The second-order valence-corrected chi connectivity index (χ2v) is 11.3. The number of nitrogens with two attached hydrogens (primary N) is 1. The van der Waals surface area contributed by atoms with Crippen LogP contribution in [0.25, 0.3) is 22.3 Å². The lowest BCUT2D eigenvalue weighted by Crippen LogP contribution is -2.57. The summed E-state index contributed by atoms with van der Waals surface area (Å²) >= 11 is 0. The van der Waals surface area contributed by atoms with Crippen molar-refractivity contribution in [2.75, 3.05) is 23.7 Å². The first-order valence-corrected chi connectivity index (χ1v) is 13.0. The first-order valence-electron chi connectivity index (χ1n) is 13.0. The number of aromatic nitrogens is 4. The van der Waals surface area contributed by atoms with Crippen LogP contribution >= 0.6 is 0 Å². The molecular weight excluding hydrogens is 438 g/mol. The Morgan fingerprint density at radius 3 is 2.51 bits per heavy atom. The van der Waals surface area contributed by atoms with E-state index in [9.17, 15) is 4.79 Å². The van der Waals surface area contributed by atoms with Crippen LogP contribution in [0.15, 0.2) is 24.7 Å². The first-order chi connectivity index (χ1) is 16.8. The number of carbonyl (C=O) groups excluding carboxylic acids is 1. The molecule has 0 bridgehead atoms. The summed E-state index contributed by atoms with van der Waals surface area (Å²) in [5.74, 6) is 0.610. The number of hydrogen-bond donors (Lipinski definition) is 1. The molecule has 0 radical (unpaired) electrons. The number of amides is 1. The van der Waals surface area contributed by atoms with Crippen LogP contribution in [0.5, 0.6) is 0 Å². The molecule has 3 aromatic rings. The fraction of sp³-hybridized carbons (Fsp3) is 0.556. The number of carbonyl (C=O) groups is 1. The van der Waals surface area contributed by atoms with Crippen LogP contribution in [0.4, 0.5) is 11.5 Å². The molecule has 184 valence electrons. The zero-order valence-electron chi connectivity index (χ0n) is 21.2. The van der Waals surface area contributed by atoms with Crippen LogP contribution < -0.4 is 10.6 Å². The summed E-state index contributed by atoms with van der Waals surface area (Å²) in [7, 11) is 0. The van der Waals surface area contributed by atoms with Gasteiger partial charge in [0.05, 0.1) is 34.3 Å². The number of nitrogen functional groups attached to an aromatic ring is 1. The molecule has 3 aromatic heterocycles. The maximum atomic E-state index is 13.6. The quantitative estimate of drug-likeness (QED) is 0.607. The zero-order valence-corrected chi connectivity index (χ0v) is 21.2. The van der Waals surface area contributed by atoms with Crippen molar-refractivity contribution in [2.24, 2.45) is 0 Å². The van der Waals surface area contributed by atoms with E-state index in [2.05, 4.69) is 29.8 Å². The molecule has 0 atom stereocenters. The third-order valence-corrected chi connectivity index (χ3v) is 8.26. The van der Waals surface area contributed by atoms with Gasteiger partial charge in [0.2, 0.25) is 5.91 Å². The summed E-state index contributed by atoms with van der Waals surface area (Å²) in [6, 6.07) is 5.12. The molecular formula is C27H35N7O. The van der Waals surface area contributed by atoms with Crippen LogP contribution in [0.2, 0.25) is 0 Å². The van der Waals surface area contributed by atoms with E-state index in [0.717, 1.165) is 46.5 Å². The van der Waals surface area contributed by atoms with Crippen molar-refractivity contribution in [3.63, 3.8) is 0 Å². The van der Waals surface area contributed by atoms with Gasteiger partial charge in [0.1, 0.15) is 11.3 Å². The smallest absolute Gasteiger partial charge is 0.239 e. The van der Waals surface area contributed by atoms with Gasteiger partial charge in [-0.3, -0.25) is 9.78 Å². The molecule has 0 unspecified atom stereocenters. The number of likely N-dealkylation sites (tertiary alicyclic amines) is 1. The second-order valence-electron chi connectivity index (χ2n) is 11.3. The van der Waals surface area contributed by atoms with Gasteiger partial charge in [-0.1, -0.05) is 6.42 Å². The van der Waals surface area contributed by atoms with Crippen molar-refractivity contribution < 1.29 is 4.79 Å². The average molecular weight is 474 g/mol. The minimum Gasteiger partial charge on any atom is -0.382 e. The number of piperidine rings is 1. The lowest BCUT2D eigenvalue weighted by Gasteiger charge is -2.47. The van der Waals surface area contributed by atoms with Crippen molar-refractivity contribution in [1.29, 1.82) is 0 Å². The molecule has 8 nitrogen and oxygen atoms in total. The van der Waals surface area contributed by atoms with E-state index < -0.39 is 5.41 Å². The van der Waals surface area contributed by atoms with Gasteiger partial charge < -0.3 is 20.1 Å². The van der Waals surface area contributed by atoms with E-state index in [0.29, 0.717) is 11.9 Å². The minimum atomic E-state index is -0.628. The van der Waals surface area contributed by atoms with E-state index in [4.69, 9.17) is 15.7 Å². The highest BCUT2D eigenvalue weighted by molar-refractivity contribution is 6.08. The molecule has 3 aliphatic rings. The van der Waals surface area contributed by atoms with E-state index in [1.54, 1.807) is 0 Å². The summed E-state index contributed by atoms with van der Waals surface area (Å²) in [4.78, 5) is 32.3. The SMILES string of the molecule is CC(C)n1cnc2cc(-c3cnc4c(c3)N([C@H]3C[C@@H](N5CCCCC5)C3)C(=O)C4(C)C)nc(N)c21. The largest absolute Gasteiger partial charge is 0.382 e. The lowest BCUT2D eigenvalue weighted by molar-refractivity contribution is -0.123. The molecule has 2 aliphatic heterocycles.